The lowest BCUT2D eigenvalue weighted by atomic mass is 10.1. The van der Waals surface area contributed by atoms with Crippen LogP contribution in [0.25, 0.3) is 11.3 Å². The van der Waals surface area contributed by atoms with Crippen molar-refractivity contribution in [3.63, 3.8) is 0 Å². The van der Waals surface area contributed by atoms with Gasteiger partial charge in [-0.3, -0.25) is 0 Å². The maximum atomic E-state index is 13.6. The summed E-state index contributed by atoms with van der Waals surface area (Å²) >= 11 is 1.36. The number of aromatic nitrogens is 1. The van der Waals surface area contributed by atoms with Crippen molar-refractivity contribution in [2.45, 2.75) is 12.6 Å². The third-order valence-corrected chi connectivity index (χ3v) is 4.21. The van der Waals surface area contributed by atoms with Gasteiger partial charge in [-0.25, -0.2) is 9.37 Å². The monoisotopic (exact) mass is 337 g/mol. The molecule has 1 nitrogen and oxygen atoms in total. The highest BCUT2D eigenvalue weighted by molar-refractivity contribution is 7.10. The van der Waals surface area contributed by atoms with E-state index in [1.807, 2.05) is 0 Å². The number of halogens is 4. The highest BCUT2D eigenvalue weighted by Crippen LogP contribution is 2.31. The van der Waals surface area contributed by atoms with E-state index in [-0.39, 0.29) is 5.82 Å². The summed E-state index contributed by atoms with van der Waals surface area (Å²) in [5.74, 6) is -0.293. The van der Waals surface area contributed by atoms with Gasteiger partial charge in [-0.2, -0.15) is 13.2 Å². The second-order valence-electron chi connectivity index (χ2n) is 4.97. The van der Waals surface area contributed by atoms with Gasteiger partial charge in [0.1, 0.15) is 5.82 Å². The van der Waals surface area contributed by atoms with Gasteiger partial charge in [0.15, 0.2) is 0 Å². The van der Waals surface area contributed by atoms with Gasteiger partial charge in [-0.05, 0) is 23.8 Å². The van der Waals surface area contributed by atoms with Gasteiger partial charge in [0.25, 0.3) is 0 Å². The third-order valence-electron chi connectivity index (χ3n) is 3.36. The number of nitrogens with zero attached hydrogens (tertiary/aromatic N) is 1. The number of benzene rings is 2. The van der Waals surface area contributed by atoms with Gasteiger partial charge in [-0.1, -0.05) is 30.3 Å². The summed E-state index contributed by atoms with van der Waals surface area (Å²) in [5.41, 5.74) is 1.05. The van der Waals surface area contributed by atoms with E-state index in [0.717, 1.165) is 12.1 Å². The lowest BCUT2D eigenvalue weighted by Gasteiger charge is -2.06. The Balaban J connectivity index is 1.81. The molecule has 0 aliphatic heterocycles. The predicted octanol–water partition coefficient (Wildman–Crippen LogP) is 5.56. The summed E-state index contributed by atoms with van der Waals surface area (Å²) in [7, 11) is 0. The molecule has 0 saturated carbocycles. The van der Waals surface area contributed by atoms with Crippen LogP contribution in [0, 0.1) is 5.82 Å². The second-order valence-corrected chi connectivity index (χ2v) is 5.91. The van der Waals surface area contributed by atoms with Crippen LogP contribution in [-0.4, -0.2) is 4.98 Å². The van der Waals surface area contributed by atoms with Crippen molar-refractivity contribution in [3.8, 4) is 11.3 Å². The first-order valence-corrected chi connectivity index (χ1v) is 7.67. The molecule has 23 heavy (non-hydrogen) atoms. The zero-order valence-electron chi connectivity index (χ0n) is 11.8. The molecule has 1 heterocycles. The van der Waals surface area contributed by atoms with Crippen molar-refractivity contribution in [2.75, 3.05) is 0 Å². The molecule has 0 amide bonds. The largest absolute Gasteiger partial charge is 0.416 e. The van der Waals surface area contributed by atoms with Crippen LogP contribution in [0.2, 0.25) is 0 Å². The maximum Gasteiger partial charge on any atom is 0.416 e. The normalized spacial score (nSPS) is 11.7. The minimum atomic E-state index is -4.35. The Morgan fingerprint density at radius 2 is 1.65 bits per heavy atom. The molecule has 3 aromatic rings. The number of hydrogen-bond acceptors (Lipinski definition) is 2. The van der Waals surface area contributed by atoms with Crippen LogP contribution in [0.4, 0.5) is 17.6 Å². The Kier molecular flexibility index (Phi) is 4.17. The summed E-state index contributed by atoms with van der Waals surface area (Å²) < 4.78 is 51.3. The summed E-state index contributed by atoms with van der Waals surface area (Å²) in [6, 6.07) is 11.3. The zero-order chi connectivity index (χ0) is 16.4. The fourth-order valence-corrected chi connectivity index (χ4v) is 2.99. The van der Waals surface area contributed by atoms with E-state index in [4.69, 9.17) is 0 Å². The Morgan fingerprint density at radius 3 is 2.30 bits per heavy atom. The molecule has 0 fully saturated rings. The van der Waals surface area contributed by atoms with Crippen LogP contribution >= 0.6 is 11.3 Å². The van der Waals surface area contributed by atoms with Gasteiger partial charge >= 0.3 is 6.18 Å². The second kappa shape index (κ2) is 6.12. The zero-order valence-corrected chi connectivity index (χ0v) is 12.6. The van der Waals surface area contributed by atoms with Crippen molar-refractivity contribution in [2.24, 2.45) is 0 Å². The lowest BCUT2D eigenvalue weighted by molar-refractivity contribution is -0.137. The number of rotatable bonds is 3. The quantitative estimate of drug-likeness (QED) is 0.570. The molecule has 0 spiro atoms. The molecule has 0 aliphatic rings. The van der Waals surface area contributed by atoms with E-state index in [1.54, 1.807) is 23.6 Å². The Bertz CT molecular complexity index is 806. The minimum Gasteiger partial charge on any atom is -0.241 e. The highest BCUT2D eigenvalue weighted by Gasteiger charge is 2.30. The lowest BCUT2D eigenvalue weighted by Crippen LogP contribution is -2.04. The highest BCUT2D eigenvalue weighted by atomic mass is 32.1. The molecule has 3 rings (SSSR count). The molecular formula is C17H11F4NS. The standard InChI is InChI=1S/C17H11F4NS/c18-14-4-2-1-3-12(14)9-16-22-15(10-23-16)11-5-7-13(8-6-11)17(19,20)21/h1-8,10H,9H2. The summed E-state index contributed by atoms with van der Waals surface area (Å²) in [6.45, 7) is 0. The molecule has 1 aromatic heterocycles. The molecule has 2 aromatic carbocycles. The van der Waals surface area contributed by atoms with Crippen molar-refractivity contribution in [1.29, 1.82) is 0 Å². The van der Waals surface area contributed by atoms with Crippen LogP contribution in [0.3, 0.4) is 0 Å². The van der Waals surface area contributed by atoms with E-state index in [9.17, 15) is 17.6 Å². The van der Waals surface area contributed by atoms with Crippen molar-refractivity contribution in [3.05, 3.63) is 75.9 Å². The van der Waals surface area contributed by atoms with E-state index in [2.05, 4.69) is 4.98 Å². The molecule has 6 heteroatoms. The summed E-state index contributed by atoms with van der Waals surface area (Å²) in [5, 5.41) is 2.48. The molecule has 118 valence electrons. The van der Waals surface area contributed by atoms with Crippen LogP contribution < -0.4 is 0 Å². The number of alkyl halides is 3. The topological polar surface area (TPSA) is 12.9 Å². The van der Waals surface area contributed by atoms with Crippen LogP contribution in [0.5, 0.6) is 0 Å². The van der Waals surface area contributed by atoms with Crippen LogP contribution in [-0.2, 0) is 12.6 Å². The molecule has 0 atom stereocenters. The number of thiazole rings is 1. The average Bonchev–Trinajstić information content (AvgIpc) is 2.97. The van der Waals surface area contributed by atoms with Gasteiger partial charge in [0, 0.05) is 17.4 Å². The summed E-state index contributed by atoms with van der Waals surface area (Å²) in [4.78, 5) is 4.38. The van der Waals surface area contributed by atoms with E-state index < -0.39 is 11.7 Å². The maximum absolute atomic E-state index is 13.6. The van der Waals surface area contributed by atoms with Crippen LogP contribution in [0.15, 0.2) is 53.9 Å². The molecule has 0 N–H and O–H groups in total. The molecular weight excluding hydrogens is 326 g/mol. The molecule has 0 aliphatic carbocycles. The SMILES string of the molecule is Fc1ccccc1Cc1nc(-c2ccc(C(F)(F)F)cc2)cs1. The van der Waals surface area contributed by atoms with Crippen LogP contribution in [0.1, 0.15) is 16.1 Å². The number of hydrogen-bond donors (Lipinski definition) is 0. The van der Waals surface area contributed by atoms with Crippen molar-refractivity contribution >= 4 is 11.3 Å². The Morgan fingerprint density at radius 1 is 0.957 bits per heavy atom. The Hall–Kier alpha value is -2.21. The van der Waals surface area contributed by atoms with E-state index in [0.29, 0.717) is 28.2 Å². The van der Waals surface area contributed by atoms with Crippen molar-refractivity contribution < 1.29 is 17.6 Å². The van der Waals surface area contributed by atoms with Gasteiger partial charge in [-0.15, -0.1) is 11.3 Å². The molecule has 0 unspecified atom stereocenters. The first-order valence-electron chi connectivity index (χ1n) is 6.79. The molecule has 0 radical (unpaired) electrons. The van der Waals surface area contributed by atoms with Crippen molar-refractivity contribution in [1.82, 2.24) is 4.98 Å². The van der Waals surface area contributed by atoms with Gasteiger partial charge < -0.3 is 0 Å². The molecule has 0 bridgehead atoms. The first-order chi connectivity index (χ1) is 10.9. The fraction of sp³-hybridized carbons (Fsp3) is 0.118. The predicted molar refractivity (Wildman–Crippen MR) is 81.8 cm³/mol. The van der Waals surface area contributed by atoms with E-state index in [1.165, 1.54) is 29.5 Å². The van der Waals surface area contributed by atoms with E-state index >= 15 is 0 Å². The minimum absolute atomic E-state index is 0.293. The third kappa shape index (κ3) is 3.59. The fourth-order valence-electron chi connectivity index (χ4n) is 2.16. The first kappa shape index (κ1) is 15.7. The average molecular weight is 337 g/mol. The summed E-state index contributed by atoms with van der Waals surface area (Å²) in [6.07, 6.45) is -3.99. The molecule has 0 saturated heterocycles. The smallest absolute Gasteiger partial charge is 0.241 e. The Labute approximate surface area is 134 Å². The van der Waals surface area contributed by atoms with Gasteiger partial charge in [0.05, 0.1) is 16.3 Å². The van der Waals surface area contributed by atoms with Gasteiger partial charge in [0.2, 0.25) is 0 Å².